The van der Waals surface area contributed by atoms with Crippen LogP contribution < -0.4 is 0 Å². The fourth-order valence-electron chi connectivity index (χ4n) is 1.79. The van der Waals surface area contributed by atoms with Crippen molar-refractivity contribution in [2.75, 3.05) is 0 Å². The van der Waals surface area contributed by atoms with E-state index in [1.807, 2.05) is 6.92 Å². The molecule has 1 heterocycles. The third kappa shape index (κ3) is 1.80. The monoisotopic (exact) mass is 238 g/mol. The molecule has 2 rings (SSSR count). The SMILES string of the molecule is CCCc1c(C(=O)O)sc2cc(F)ccc12. The van der Waals surface area contributed by atoms with E-state index in [0.29, 0.717) is 16.0 Å². The van der Waals surface area contributed by atoms with Gasteiger partial charge in [0.25, 0.3) is 0 Å². The third-order valence-corrected chi connectivity index (χ3v) is 3.63. The second kappa shape index (κ2) is 4.22. The molecule has 0 aliphatic heterocycles. The van der Waals surface area contributed by atoms with Gasteiger partial charge in [0.15, 0.2) is 0 Å². The van der Waals surface area contributed by atoms with Gasteiger partial charge in [-0.25, -0.2) is 9.18 Å². The minimum Gasteiger partial charge on any atom is -0.477 e. The molecule has 1 aromatic heterocycles. The quantitative estimate of drug-likeness (QED) is 0.885. The van der Waals surface area contributed by atoms with Crippen LogP contribution in [0.5, 0.6) is 0 Å². The molecule has 2 aromatic rings. The van der Waals surface area contributed by atoms with Crippen LogP contribution in [0.3, 0.4) is 0 Å². The summed E-state index contributed by atoms with van der Waals surface area (Å²) in [6, 6.07) is 4.43. The summed E-state index contributed by atoms with van der Waals surface area (Å²) >= 11 is 1.15. The molecular weight excluding hydrogens is 227 g/mol. The summed E-state index contributed by atoms with van der Waals surface area (Å²) in [4.78, 5) is 11.4. The van der Waals surface area contributed by atoms with Crippen molar-refractivity contribution in [2.45, 2.75) is 19.8 Å². The van der Waals surface area contributed by atoms with Crippen LogP contribution in [0.4, 0.5) is 4.39 Å². The smallest absolute Gasteiger partial charge is 0.346 e. The Morgan fingerprint density at radius 2 is 2.25 bits per heavy atom. The van der Waals surface area contributed by atoms with E-state index in [1.165, 1.54) is 12.1 Å². The minimum atomic E-state index is -0.926. The molecule has 0 spiro atoms. The molecule has 4 heteroatoms. The van der Waals surface area contributed by atoms with Gasteiger partial charge in [0.1, 0.15) is 10.7 Å². The van der Waals surface area contributed by atoms with Gasteiger partial charge in [-0.15, -0.1) is 11.3 Å². The summed E-state index contributed by atoms with van der Waals surface area (Å²) in [5.41, 5.74) is 0.829. The molecule has 0 atom stereocenters. The van der Waals surface area contributed by atoms with E-state index in [4.69, 9.17) is 5.11 Å². The first kappa shape index (κ1) is 11.1. The van der Waals surface area contributed by atoms with E-state index in [0.717, 1.165) is 28.7 Å². The maximum Gasteiger partial charge on any atom is 0.346 e. The fraction of sp³-hybridized carbons (Fsp3) is 0.250. The number of carboxylic acid groups (broad SMARTS) is 1. The standard InChI is InChI=1S/C12H11FO2S/c1-2-3-9-8-5-4-7(13)6-10(8)16-11(9)12(14)15/h4-6H,2-3H2,1H3,(H,14,15). The lowest BCUT2D eigenvalue weighted by Gasteiger charge is -1.98. The molecule has 0 saturated heterocycles. The number of carboxylic acids is 1. The lowest BCUT2D eigenvalue weighted by atomic mass is 10.1. The highest BCUT2D eigenvalue weighted by Gasteiger charge is 2.16. The number of halogens is 1. The zero-order chi connectivity index (χ0) is 11.7. The van der Waals surface area contributed by atoms with Crippen molar-refractivity contribution in [1.29, 1.82) is 0 Å². The van der Waals surface area contributed by atoms with Gasteiger partial charge in [-0.3, -0.25) is 0 Å². The first-order valence-corrected chi connectivity index (χ1v) is 5.89. The van der Waals surface area contributed by atoms with Crippen molar-refractivity contribution in [3.63, 3.8) is 0 Å². The Labute approximate surface area is 96.3 Å². The molecule has 16 heavy (non-hydrogen) atoms. The Balaban J connectivity index is 2.70. The molecule has 1 N–H and O–H groups in total. The number of aromatic carboxylic acids is 1. The number of hydrogen-bond donors (Lipinski definition) is 1. The van der Waals surface area contributed by atoms with Gasteiger partial charge in [-0.05, 0) is 29.5 Å². The predicted molar refractivity (Wildman–Crippen MR) is 62.7 cm³/mol. The first-order chi connectivity index (χ1) is 7.63. The molecule has 2 nitrogen and oxygen atoms in total. The molecule has 0 aliphatic rings. The van der Waals surface area contributed by atoms with Gasteiger partial charge in [0.05, 0.1) is 0 Å². The van der Waals surface area contributed by atoms with Gasteiger partial charge >= 0.3 is 5.97 Å². The Bertz CT molecular complexity index is 545. The first-order valence-electron chi connectivity index (χ1n) is 5.07. The number of benzene rings is 1. The number of hydrogen-bond acceptors (Lipinski definition) is 2. The molecule has 0 saturated carbocycles. The number of carbonyl (C=O) groups is 1. The summed E-state index contributed by atoms with van der Waals surface area (Å²) in [6.07, 6.45) is 1.59. The Morgan fingerprint density at radius 3 is 2.88 bits per heavy atom. The minimum absolute atomic E-state index is 0.325. The molecule has 0 bridgehead atoms. The normalized spacial score (nSPS) is 10.9. The van der Waals surface area contributed by atoms with Crippen molar-refractivity contribution in [2.24, 2.45) is 0 Å². The largest absolute Gasteiger partial charge is 0.477 e. The topological polar surface area (TPSA) is 37.3 Å². The molecular formula is C12H11FO2S. The Kier molecular flexibility index (Phi) is 2.92. The maximum atomic E-state index is 13.0. The van der Waals surface area contributed by atoms with E-state index in [-0.39, 0.29) is 5.82 Å². The van der Waals surface area contributed by atoms with Gasteiger partial charge < -0.3 is 5.11 Å². The fourth-order valence-corrected chi connectivity index (χ4v) is 2.91. The van der Waals surface area contributed by atoms with Gasteiger partial charge in [-0.2, -0.15) is 0 Å². The second-order valence-electron chi connectivity index (χ2n) is 3.61. The van der Waals surface area contributed by atoms with Crippen molar-refractivity contribution < 1.29 is 14.3 Å². The Morgan fingerprint density at radius 1 is 1.50 bits per heavy atom. The lowest BCUT2D eigenvalue weighted by molar-refractivity contribution is 0.0701. The number of fused-ring (bicyclic) bond motifs is 1. The van der Waals surface area contributed by atoms with Gasteiger partial charge in [0.2, 0.25) is 0 Å². The van der Waals surface area contributed by atoms with Crippen molar-refractivity contribution in [1.82, 2.24) is 0 Å². The van der Waals surface area contributed by atoms with Crippen LogP contribution in [-0.2, 0) is 6.42 Å². The molecule has 0 fully saturated rings. The lowest BCUT2D eigenvalue weighted by Crippen LogP contribution is -1.97. The van der Waals surface area contributed by atoms with Crippen LogP contribution in [0.1, 0.15) is 28.6 Å². The summed E-state index contributed by atoms with van der Waals surface area (Å²) in [7, 11) is 0. The van der Waals surface area contributed by atoms with Crippen LogP contribution >= 0.6 is 11.3 Å². The van der Waals surface area contributed by atoms with Crippen molar-refractivity contribution in [3.8, 4) is 0 Å². The van der Waals surface area contributed by atoms with Crippen LogP contribution in [-0.4, -0.2) is 11.1 Å². The third-order valence-electron chi connectivity index (χ3n) is 2.45. The summed E-state index contributed by atoms with van der Waals surface area (Å²) < 4.78 is 13.7. The molecule has 0 unspecified atom stereocenters. The van der Waals surface area contributed by atoms with Crippen molar-refractivity contribution in [3.05, 3.63) is 34.5 Å². The van der Waals surface area contributed by atoms with Crippen molar-refractivity contribution >= 4 is 27.4 Å². The summed E-state index contributed by atoms with van der Waals surface area (Å²) in [6.45, 7) is 2.00. The number of aryl methyl sites for hydroxylation is 1. The van der Waals surface area contributed by atoms with E-state index in [1.54, 1.807) is 6.07 Å². The van der Waals surface area contributed by atoms with Crippen LogP contribution in [0.25, 0.3) is 10.1 Å². The average Bonchev–Trinajstić information content (AvgIpc) is 2.57. The van der Waals surface area contributed by atoms with Crippen LogP contribution in [0, 0.1) is 5.82 Å². The van der Waals surface area contributed by atoms with E-state index < -0.39 is 5.97 Å². The zero-order valence-corrected chi connectivity index (χ0v) is 9.60. The van der Waals surface area contributed by atoms with E-state index >= 15 is 0 Å². The molecule has 1 aromatic carbocycles. The molecule has 84 valence electrons. The summed E-state index contributed by atoms with van der Waals surface area (Å²) in [5.74, 6) is -1.25. The highest BCUT2D eigenvalue weighted by molar-refractivity contribution is 7.21. The zero-order valence-electron chi connectivity index (χ0n) is 8.79. The molecule has 0 amide bonds. The number of thiophene rings is 1. The van der Waals surface area contributed by atoms with Gasteiger partial charge in [0, 0.05) is 4.70 Å². The van der Waals surface area contributed by atoms with Gasteiger partial charge in [-0.1, -0.05) is 19.4 Å². The van der Waals surface area contributed by atoms with E-state index in [2.05, 4.69) is 0 Å². The predicted octanol–water partition coefficient (Wildman–Crippen LogP) is 3.69. The Hall–Kier alpha value is -1.42. The second-order valence-corrected chi connectivity index (χ2v) is 4.66. The number of rotatable bonds is 3. The maximum absolute atomic E-state index is 13.0. The average molecular weight is 238 g/mol. The van der Waals surface area contributed by atoms with Crippen LogP contribution in [0.2, 0.25) is 0 Å². The van der Waals surface area contributed by atoms with Crippen LogP contribution in [0.15, 0.2) is 18.2 Å². The molecule has 0 aliphatic carbocycles. The molecule has 0 radical (unpaired) electrons. The van der Waals surface area contributed by atoms with E-state index in [9.17, 15) is 9.18 Å². The summed E-state index contributed by atoms with van der Waals surface area (Å²) in [5, 5.41) is 9.95. The highest BCUT2D eigenvalue weighted by atomic mass is 32.1. The highest BCUT2D eigenvalue weighted by Crippen LogP contribution is 2.32.